The Bertz CT molecular complexity index is 442. The molecular formula is C15H21NO4. The predicted octanol–water partition coefficient (Wildman–Crippen LogP) is 0.945. The molecule has 0 spiro atoms. The van der Waals surface area contributed by atoms with Crippen LogP contribution in [0.4, 0.5) is 0 Å². The average Bonchev–Trinajstić information content (AvgIpc) is 2.50. The van der Waals surface area contributed by atoms with Crippen LogP contribution >= 0.6 is 0 Å². The van der Waals surface area contributed by atoms with Gasteiger partial charge in [-0.2, -0.15) is 0 Å². The standard InChI is InChI=1S/C15H21NO4/c1-3-11-4-6-12(7-5-11)15(19)13(16-8-9-17)10-14(18)20-2/h4-7,13,16-17H,3,8-10H2,1-2H3. The lowest BCUT2D eigenvalue weighted by atomic mass is 10.00. The molecule has 2 N–H and O–H groups in total. The summed E-state index contributed by atoms with van der Waals surface area (Å²) in [6.07, 6.45) is 0.855. The molecule has 0 fully saturated rings. The molecule has 1 aromatic carbocycles. The van der Waals surface area contributed by atoms with Gasteiger partial charge in [-0.05, 0) is 12.0 Å². The van der Waals surface area contributed by atoms with Crippen molar-refractivity contribution in [3.05, 3.63) is 35.4 Å². The summed E-state index contributed by atoms with van der Waals surface area (Å²) in [5.74, 6) is -0.634. The molecule has 0 saturated carbocycles. The zero-order valence-corrected chi connectivity index (χ0v) is 11.9. The molecule has 1 rings (SSSR count). The first-order valence-corrected chi connectivity index (χ1v) is 6.66. The average molecular weight is 279 g/mol. The Morgan fingerprint density at radius 3 is 2.45 bits per heavy atom. The number of aryl methyl sites for hydroxylation is 1. The summed E-state index contributed by atoms with van der Waals surface area (Å²) in [5, 5.41) is 11.7. The molecule has 5 nitrogen and oxygen atoms in total. The van der Waals surface area contributed by atoms with E-state index in [1.54, 1.807) is 12.1 Å². The third kappa shape index (κ3) is 4.75. The minimum Gasteiger partial charge on any atom is -0.469 e. The minimum atomic E-state index is -0.679. The molecule has 0 bridgehead atoms. The van der Waals surface area contributed by atoms with Gasteiger partial charge in [0.15, 0.2) is 5.78 Å². The summed E-state index contributed by atoms with van der Waals surface area (Å²) in [5.41, 5.74) is 1.69. The lowest BCUT2D eigenvalue weighted by Gasteiger charge is -2.16. The lowest BCUT2D eigenvalue weighted by molar-refractivity contribution is -0.141. The number of esters is 1. The van der Waals surface area contributed by atoms with E-state index in [2.05, 4.69) is 10.1 Å². The van der Waals surface area contributed by atoms with E-state index in [-0.39, 0.29) is 25.4 Å². The van der Waals surface area contributed by atoms with Gasteiger partial charge in [0.2, 0.25) is 0 Å². The third-order valence-corrected chi connectivity index (χ3v) is 3.06. The highest BCUT2D eigenvalue weighted by Crippen LogP contribution is 2.10. The topological polar surface area (TPSA) is 75.6 Å². The van der Waals surface area contributed by atoms with Crippen LogP contribution in [0.1, 0.15) is 29.3 Å². The van der Waals surface area contributed by atoms with E-state index in [9.17, 15) is 9.59 Å². The molecule has 0 radical (unpaired) electrons. The number of aliphatic hydroxyl groups excluding tert-OH is 1. The number of methoxy groups -OCH3 is 1. The molecule has 0 aliphatic carbocycles. The van der Waals surface area contributed by atoms with Crippen LogP contribution in [-0.4, -0.2) is 43.2 Å². The first-order valence-electron chi connectivity index (χ1n) is 6.66. The summed E-state index contributed by atoms with van der Waals surface area (Å²) in [4.78, 5) is 23.7. The summed E-state index contributed by atoms with van der Waals surface area (Å²) in [6, 6.07) is 6.63. The molecule has 0 saturated heterocycles. The first kappa shape index (κ1) is 16.3. The number of rotatable bonds is 8. The smallest absolute Gasteiger partial charge is 0.307 e. The van der Waals surface area contributed by atoms with E-state index in [1.165, 1.54) is 7.11 Å². The van der Waals surface area contributed by atoms with Gasteiger partial charge in [0.1, 0.15) is 0 Å². The highest BCUT2D eigenvalue weighted by atomic mass is 16.5. The molecular weight excluding hydrogens is 258 g/mol. The summed E-state index contributed by atoms with van der Waals surface area (Å²) in [7, 11) is 1.28. The van der Waals surface area contributed by atoms with E-state index in [0.717, 1.165) is 12.0 Å². The number of carbonyl (C=O) groups excluding carboxylic acids is 2. The molecule has 0 aliphatic rings. The van der Waals surface area contributed by atoms with Crippen LogP contribution < -0.4 is 5.32 Å². The Kier molecular flexibility index (Phi) is 6.90. The Balaban J connectivity index is 2.81. The zero-order valence-electron chi connectivity index (χ0n) is 11.9. The van der Waals surface area contributed by atoms with Crippen molar-refractivity contribution in [1.82, 2.24) is 5.32 Å². The monoisotopic (exact) mass is 279 g/mol. The quantitative estimate of drug-likeness (QED) is 0.547. The molecule has 1 atom stereocenters. The molecule has 0 amide bonds. The molecule has 0 aromatic heterocycles. The fraction of sp³-hybridized carbons (Fsp3) is 0.467. The summed E-state index contributed by atoms with van der Waals surface area (Å²) in [6.45, 7) is 2.19. The van der Waals surface area contributed by atoms with E-state index in [1.807, 2.05) is 19.1 Å². The first-order chi connectivity index (χ1) is 9.62. The Hall–Kier alpha value is -1.72. The maximum atomic E-state index is 12.3. The number of aliphatic hydroxyl groups is 1. The highest BCUT2D eigenvalue weighted by Gasteiger charge is 2.22. The van der Waals surface area contributed by atoms with Gasteiger partial charge >= 0.3 is 5.97 Å². The van der Waals surface area contributed by atoms with Crippen molar-refractivity contribution in [2.75, 3.05) is 20.3 Å². The number of nitrogens with one attached hydrogen (secondary N) is 1. The zero-order chi connectivity index (χ0) is 15.0. The molecule has 1 aromatic rings. The summed E-state index contributed by atoms with van der Waals surface area (Å²) >= 11 is 0. The van der Waals surface area contributed by atoms with Crippen LogP contribution in [-0.2, 0) is 16.0 Å². The van der Waals surface area contributed by atoms with Crippen molar-refractivity contribution < 1.29 is 19.4 Å². The minimum absolute atomic E-state index is 0.0507. The maximum Gasteiger partial charge on any atom is 0.307 e. The number of hydrogen-bond acceptors (Lipinski definition) is 5. The van der Waals surface area contributed by atoms with Gasteiger partial charge in [0.25, 0.3) is 0 Å². The molecule has 1 unspecified atom stereocenters. The highest BCUT2D eigenvalue weighted by molar-refractivity contribution is 6.01. The van der Waals surface area contributed by atoms with Gasteiger partial charge < -0.3 is 15.2 Å². The third-order valence-electron chi connectivity index (χ3n) is 3.06. The van der Waals surface area contributed by atoms with Gasteiger partial charge in [-0.1, -0.05) is 31.2 Å². The van der Waals surface area contributed by atoms with E-state index >= 15 is 0 Å². The molecule has 0 aliphatic heterocycles. The van der Waals surface area contributed by atoms with E-state index < -0.39 is 12.0 Å². The van der Waals surface area contributed by atoms with Crippen LogP contribution in [0.15, 0.2) is 24.3 Å². The van der Waals surface area contributed by atoms with Crippen LogP contribution in [0.25, 0.3) is 0 Å². The van der Waals surface area contributed by atoms with Gasteiger partial charge in [0.05, 0.1) is 26.2 Å². The second kappa shape index (κ2) is 8.45. The Morgan fingerprint density at radius 1 is 1.30 bits per heavy atom. The van der Waals surface area contributed by atoms with Gasteiger partial charge in [-0.25, -0.2) is 0 Å². The second-order valence-corrected chi connectivity index (χ2v) is 4.43. The number of Topliss-reactive ketones (excluding diaryl/α,β-unsaturated/α-hetero) is 1. The number of benzene rings is 1. The van der Waals surface area contributed by atoms with Gasteiger partial charge in [0, 0.05) is 12.1 Å². The molecule has 5 heteroatoms. The largest absolute Gasteiger partial charge is 0.469 e. The van der Waals surface area contributed by atoms with Crippen molar-refractivity contribution in [2.45, 2.75) is 25.8 Å². The fourth-order valence-electron chi connectivity index (χ4n) is 1.85. The number of ketones is 1. The van der Waals surface area contributed by atoms with Crippen molar-refractivity contribution >= 4 is 11.8 Å². The predicted molar refractivity (Wildman–Crippen MR) is 75.7 cm³/mol. The second-order valence-electron chi connectivity index (χ2n) is 4.43. The molecule has 110 valence electrons. The van der Waals surface area contributed by atoms with Crippen LogP contribution in [0.3, 0.4) is 0 Å². The van der Waals surface area contributed by atoms with Crippen molar-refractivity contribution in [3.63, 3.8) is 0 Å². The molecule has 0 heterocycles. The van der Waals surface area contributed by atoms with Crippen molar-refractivity contribution in [2.24, 2.45) is 0 Å². The van der Waals surface area contributed by atoms with E-state index in [0.29, 0.717) is 5.56 Å². The summed E-state index contributed by atoms with van der Waals surface area (Å²) < 4.78 is 4.59. The molecule has 20 heavy (non-hydrogen) atoms. The van der Waals surface area contributed by atoms with Gasteiger partial charge in [-0.3, -0.25) is 9.59 Å². The van der Waals surface area contributed by atoms with Crippen molar-refractivity contribution in [1.29, 1.82) is 0 Å². The number of carbonyl (C=O) groups is 2. The van der Waals surface area contributed by atoms with Crippen LogP contribution in [0.2, 0.25) is 0 Å². The van der Waals surface area contributed by atoms with E-state index in [4.69, 9.17) is 5.11 Å². The number of ether oxygens (including phenoxy) is 1. The van der Waals surface area contributed by atoms with Gasteiger partial charge in [-0.15, -0.1) is 0 Å². The Labute approximate surface area is 118 Å². The SMILES string of the molecule is CCc1ccc(C(=O)C(CC(=O)OC)NCCO)cc1. The Morgan fingerprint density at radius 2 is 1.95 bits per heavy atom. The van der Waals surface area contributed by atoms with Crippen molar-refractivity contribution in [3.8, 4) is 0 Å². The normalized spacial score (nSPS) is 11.9. The lowest BCUT2D eigenvalue weighted by Crippen LogP contribution is -2.40. The number of hydrogen-bond donors (Lipinski definition) is 2. The maximum absolute atomic E-state index is 12.3. The fourth-order valence-corrected chi connectivity index (χ4v) is 1.85. The van der Waals surface area contributed by atoms with Crippen LogP contribution in [0.5, 0.6) is 0 Å². The van der Waals surface area contributed by atoms with Crippen LogP contribution in [0, 0.1) is 0 Å².